The topological polar surface area (TPSA) is 0 Å². The van der Waals surface area contributed by atoms with E-state index in [9.17, 15) is 0 Å². The summed E-state index contributed by atoms with van der Waals surface area (Å²) in [5.41, 5.74) is 2.56. The van der Waals surface area contributed by atoms with Crippen LogP contribution in [0.3, 0.4) is 0 Å². The zero-order valence-electron chi connectivity index (χ0n) is 11.8. The molecule has 0 amide bonds. The number of benzene rings is 2. The Morgan fingerprint density at radius 1 is 0.952 bits per heavy atom. The molecule has 0 fully saturated rings. The maximum atomic E-state index is 6.37. The summed E-state index contributed by atoms with van der Waals surface area (Å²) in [6, 6.07) is 19.2. The van der Waals surface area contributed by atoms with E-state index in [-0.39, 0.29) is 5.41 Å². The van der Waals surface area contributed by atoms with E-state index < -0.39 is 0 Å². The maximum Gasteiger partial charge on any atom is 0.0332 e. The van der Waals surface area contributed by atoms with Gasteiger partial charge in [-0.05, 0) is 29.5 Å². The van der Waals surface area contributed by atoms with E-state index in [1.54, 1.807) is 0 Å². The van der Waals surface area contributed by atoms with Crippen molar-refractivity contribution in [1.82, 2.24) is 0 Å². The number of hydrogen-bond donors (Lipinski definition) is 0. The highest BCUT2D eigenvalue weighted by Crippen LogP contribution is 2.46. The van der Waals surface area contributed by atoms with Crippen molar-refractivity contribution in [3.63, 3.8) is 0 Å². The highest BCUT2D eigenvalue weighted by molar-refractivity contribution is 7.99. The molecule has 110 valence electrons. The molecular formula is C18H18Cl2S. The van der Waals surface area contributed by atoms with Crippen molar-refractivity contribution in [3.8, 4) is 0 Å². The fraction of sp³-hybridized carbons (Fsp3) is 0.333. The number of hydrogen-bond acceptors (Lipinski definition) is 1. The van der Waals surface area contributed by atoms with E-state index in [1.165, 1.54) is 16.0 Å². The average molecular weight is 337 g/mol. The Bertz CT molecular complexity index is 593. The summed E-state index contributed by atoms with van der Waals surface area (Å²) in [5, 5.41) is 0. The molecule has 0 aliphatic carbocycles. The first kappa shape index (κ1) is 15.3. The van der Waals surface area contributed by atoms with Gasteiger partial charge >= 0.3 is 0 Å². The van der Waals surface area contributed by atoms with Crippen molar-refractivity contribution >= 4 is 35.0 Å². The Morgan fingerprint density at radius 2 is 1.62 bits per heavy atom. The predicted molar refractivity (Wildman–Crippen MR) is 94.1 cm³/mol. The molecule has 0 bridgehead atoms. The predicted octanol–water partition coefficient (Wildman–Crippen LogP) is 5.68. The summed E-state index contributed by atoms with van der Waals surface area (Å²) in [4.78, 5) is 1.41. The summed E-state index contributed by atoms with van der Waals surface area (Å²) >= 11 is 14.7. The molecule has 3 heteroatoms. The third-order valence-corrected chi connectivity index (χ3v) is 6.61. The van der Waals surface area contributed by atoms with Crippen molar-refractivity contribution in [2.75, 3.05) is 17.5 Å². The van der Waals surface area contributed by atoms with Gasteiger partial charge in [-0.2, -0.15) is 0 Å². The summed E-state index contributed by atoms with van der Waals surface area (Å²) < 4.78 is 0. The monoisotopic (exact) mass is 336 g/mol. The van der Waals surface area contributed by atoms with Crippen LogP contribution in [0, 0.1) is 0 Å². The molecule has 1 atom stereocenters. The van der Waals surface area contributed by atoms with E-state index in [0.29, 0.717) is 17.7 Å². The van der Waals surface area contributed by atoms with Crippen LogP contribution in [0.2, 0.25) is 0 Å². The van der Waals surface area contributed by atoms with Gasteiger partial charge in [0.25, 0.3) is 0 Å². The summed E-state index contributed by atoms with van der Waals surface area (Å²) in [6.07, 6.45) is 1.01. The first-order valence-electron chi connectivity index (χ1n) is 7.18. The van der Waals surface area contributed by atoms with Gasteiger partial charge < -0.3 is 0 Å². The van der Waals surface area contributed by atoms with Crippen molar-refractivity contribution in [2.45, 2.75) is 22.6 Å². The smallest absolute Gasteiger partial charge is 0.0332 e. The van der Waals surface area contributed by atoms with Crippen LogP contribution < -0.4 is 0 Å². The Labute approximate surface area is 140 Å². The van der Waals surface area contributed by atoms with Crippen molar-refractivity contribution in [1.29, 1.82) is 0 Å². The molecule has 1 heterocycles. The zero-order valence-corrected chi connectivity index (χ0v) is 14.1. The van der Waals surface area contributed by atoms with E-state index in [0.717, 1.165) is 12.2 Å². The highest BCUT2D eigenvalue weighted by Gasteiger charge is 2.36. The van der Waals surface area contributed by atoms with Crippen LogP contribution in [-0.4, -0.2) is 17.5 Å². The van der Waals surface area contributed by atoms with Crippen LogP contribution in [0.15, 0.2) is 59.5 Å². The molecule has 0 N–H and O–H groups in total. The Kier molecular flexibility index (Phi) is 4.83. The second kappa shape index (κ2) is 6.64. The average Bonchev–Trinajstić information content (AvgIpc) is 2.96. The molecule has 0 spiro atoms. The van der Waals surface area contributed by atoms with Crippen LogP contribution in [0.25, 0.3) is 0 Å². The molecule has 0 saturated heterocycles. The highest BCUT2D eigenvalue weighted by atomic mass is 35.5. The fourth-order valence-electron chi connectivity index (χ4n) is 3.08. The molecule has 2 aromatic rings. The van der Waals surface area contributed by atoms with Gasteiger partial charge in [0.05, 0.1) is 0 Å². The lowest BCUT2D eigenvalue weighted by Gasteiger charge is -2.33. The van der Waals surface area contributed by atoms with E-state index in [2.05, 4.69) is 48.5 Å². The largest absolute Gasteiger partial charge is 0.126 e. The number of rotatable bonds is 5. The third kappa shape index (κ3) is 2.97. The van der Waals surface area contributed by atoms with Gasteiger partial charge in [0.1, 0.15) is 0 Å². The zero-order chi connectivity index (χ0) is 14.7. The quantitative estimate of drug-likeness (QED) is 0.632. The number of alkyl halides is 2. The van der Waals surface area contributed by atoms with Crippen LogP contribution >= 0.6 is 35.0 Å². The van der Waals surface area contributed by atoms with Crippen molar-refractivity contribution in [3.05, 3.63) is 65.7 Å². The fourth-order valence-corrected chi connectivity index (χ4v) is 5.15. The van der Waals surface area contributed by atoms with Gasteiger partial charge in [0, 0.05) is 27.8 Å². The third-order valence-electron chi connectivity index (χ3n) is 4.33. The number of halogens is 2. The minimum Gasteiger partial charge on any atom is -0.126 e. The molecule has 0 radical (unpaired) electrons. The molecule has 0 saturated carbocycles. The van der Waals surface area contributed by atoms with Gasteiger partial charge in [-0.1, -0.05) is 48.5 Å². The lowest BCUT2D eigenvalue weighted by molar-refractivity contribution is 0.453. The summed E-state index contributed by atoms with van der Waals surface area (Å²) in [6.45, 7) is 0. The molecule has 1 aliphatic rings. The summed E-state index contributed by atoms with van der Waals surface area (Å²) in [5.74, 6) is 2.78. The minimum atomic E-state index is -0.146. The van der Waals surface area contributed by atoms with Crippen molar-refractivity contribution in [2.24, 2.45) is 0 Å². The lowest BCUT2D eigenvalue weighted by atomic mass is 9.75. The molecule has 2 aromatic carbocycles. The second-order valence-corrected chi connectivity index (χ2v) is 7.26. The number of thioether (sulfide) groups is 1. The Morgan fingerprint density at radius 3 is 2.33 bits per heavy atom. The summed E-state index contributed by atoms with van der Waals surface area (Å²) in [7, 11) is 0. The van der Waals surface area contributed by atoms with Gasteiger partial charge in [0.2, 0.25) is 0 Å². The van der Waals surface area contributed by atoms with Gasteiger partial charge in [0.15, 0.2) is 0 Å². The standard InChI is InChI=1S/C18H18Cl2S/c19-12-18(13-20,15-6-2-1-3-7-15)10-14-11-21-17-9-5-4-8-16(14)17/h1-9,14H,10-13H2. The first-order valence-corrected chi connectivity index (χ1v) is 9.24. The van der Waals surface area contributed by atoms with Crippen molar-refractivity contribution < 1.29 is 0 Å². The molecule has 3 rings (SSSR count). The van der Waals surface area contributed by atoms with Gasteiger partial charge in [-0.25, -0.2) is 0 Å². The lowest BCUT2D eigenvalue weighted by Crippen LogP contribution is -2.33. The Hall–Kier alpha value is -0.630. The number of fused-ring (bicyclic) bond motifs is 1. The minimum absolute atomic E-state index is 0.146. The molecule has 1 unspecified atom stereocenters. The Balaban J connectivity index is 1.91. The van der Waals surface area contributed by atoms with Gasteiger partial charge in [-0.15, -0.1) is 35.0 Å². The molecule has 21 heavy (non-hydrogen) atoms. The van der Waals surface area contributed by atoms with Crippen LogP contribution in [0.1, 0.15) is 23.5 Å². The maximum absolute atomic E-state index is 6.37. The van der Waals surface area contributed by atoms with E-state index in [4.69, 9.17) is 23.2 Å². The van der Waals surface area contributed by atoms with E-state index in [1.807, 2.05) is 17.8 Å². The van der Waals surface area contributed by atoms with Crippen LogP contribution in [0.5, 0.6) is 0 Å². The van der Waals surface area contributed by atoms with Crippen LogP contribution in [0.4, 0.5) is 0 Å². The molecular weight excluding hydrogens is 319 g/mol. The molecule has 1 aliphatic heterocycles. The molecule has 0 aromatic heterocycles. The van der Waals surface area contributed by atoms with Crippen LogP contribution in [-0.2, 0) is 5.41 Å². The van der Waals surface area contributed by atoms with E-state index >= 15 is 0 Å². The molecule has 0 nitrogen and oxygen atoms in total. The SMILES string of the molecule is ClCC(CCl)(CC1CSc2ccccc21)c1ccccc1. The first-order chi connectivity index (χ1) is 10.3. The second-order valence-electron chi connectivity index (χ2n) is 5.66. The normalized spacial score (nSPS) is 17.7. The van der Waals surface area contributed by atoms with Gasteiger partial charge in [-0.3, -0.25) is 0 Å².